The minimum atomic E-state index is -0.487. The van der Waals surface area contributed by atoms with E-state index in [1.54, 1.807) is 12.3 Å². The van der Waals surface area contributed by atoms with Crippen LogP contribution in [0.1, 0.15) is 10.5 Å². The number of carbonyl (C=O) groups excluding carboxylic acids is 1. The number of primary amides is 1. The molecule has 1 aliphatic heterocycles. The summed E-state index contributed by atoms with van der Waals surface area (Å²) < 4.78 is 0. The predicted molar refractivity (Wildman–Crippen MR) is 70.5 cm³/mol. The van der Waals surface area contributed by atoms with Crippen molar-refractivity contribution < 1.29 is 4.79 Å². The number of nitrogens with two attached hydrogens (primary N) is 2. The number of nitrogens with zero attached hydrogens (tertiary/aromatic N) is 3. The zero-order valence-corrected chi connectivity index (χ0v) is 10.4. The molecule has 0 aromatic carbocycles. The smallest absolute Gasteiger partial charge is 0.267 e. The minimum Gasteiger partial charge on any atom is -0.369 e. The Labute approximate surface area is 107 Å². The van der Waals surface area contributed by atoms with Crippen molar-refractivity contribution in [2.24, 2.45) is 11.5 Å². The van der Waals surface area contributed by atoms with Crippen molar-refractivity contribution in [3.63, 3.8) is 0 Å². The van der Waals surface area contributed by atoms with Gasteiger partial charge in [0.25, 0.3) is 5.91 Å². The molecule has 1 fully saturated rings. The SMILES string of the molecule is NCCN1CCN(c2ccnc(C(N)=O)c2)CC1. The van der Waals surface area contributed by atoms with E-state index in [0.29, 0.717) is 12.2 Å². The van der Waals surface area contributed by atoms with Crippen LogP contribution in [0.2, 0.25) is 0 Å². The quantitative estimate of drug-likeness (QED) is 0.734. The van der Waals surface area contributed by atoms with Crippen molar-refractivity contribution in [3.05, 3.63) is 24.0 Å². The molecule has 0 radical (unpaired) electrons. The highest BCUT2D eigenvalue weighted by Crippen LogP contribution is 2.16. The molecule has 1 aliphatic rings. The topological polar surface area (TPSA) is 88.5 Å². The first-order chi connectivity index (χ1) is 8.70. The average Bonchev–Trinajstić information content (AvgIpc) is 2.40. The number of hydrogen-bond donors (Lipinski definition) is 2. The highest BCUT2D eigenvalue weighted by atomic mass is 16.1. The number of anilines is 1. The van der Waals surface area contributed by atoms with Crippen LogP contribution in [0.4, 0.5) is 5.69 Å². The molecule has 0 bridgehead atoms. The Morgan fingerprint density at radius 3 is 2.67 bits per heavy atom. The van der Waals surface area contributed by atoms with E-state index in [1.807, 2.05) is 6.07 Å². The van der Waals surface area contributed by atoms with Crippen molar-refractivity contribution >= 4 is 11.6 Å². The van der Waals surface area contributed by atoms with Gasteiger partial charge in [0.2, 0.25) is 0 Å². The van der Waals surface area contributed by atoms with Crippen LogP contribution in [0.5, 0.6) is 0 Å². The third-order valence-electron chi connectivity index (χ3n) is 3.18. The Kier molecular flexibility index (Phi) is 4.11. The number of hydrogen-bond acceptors (Lipinski definition) is 5. The molecular formula is C12H19N5O. The lowest BCUT2D eigenvalue weighted by Gasteiger charge is -2.35. The molecular weight excluding hydrogens is 230 g/mol. The molecule has 2 rings (SSSR count). The summed E-state index contributed by atoms with van der Waals surface area (Å²) in [5.74, 6) is -0.487. The largest absolute Gasteiger partial charge is 0.369 e. The Bertz CT molecular complexity index is 415. The first kappa shape index (κ1) is 12.8. The van der Waals surface area contributed by atoms with Crippen LogP contribution in [0.15, 0.2) is 18.3 Å². The van der Waals surface area contributed by atoms with Crippen LogP contribution >= 0.6 is 0 Å². The molecule has 1 aromatic heterocycles. The van der Waals surface area contributed by atoms with Gasteiger partial charge in [-0.2, -0.15) is 0 Å². The van der Waals surface area contributed by atoms with Gasteiger partial charge in [-0.3, -0.25) is 14.7 Å². The second kappa shape index (κ2) is 5.79. The van der Waals surface area contributed by atoms with E-state index in [4.69, 9.17) is 11.5 Å². The van der Waals surface area contributed by atoms with Crippen LogP contribution in [-0.4, -0.2) is 55.1 Å². The summed E-state index contributed by atoms with van der Waals surface area (Å²) in [6, 6.07) is 3.66. The summed E-state index contributed by atoms with van der Waals surface area (Å²) in [5, 5.41) is 0. The molecule has 0 aliphatic carbocycles. The highest BCUT2D eigenvalue weighted by molar-refractivity contribution is 5.91. The van der Waals surface area contributed by atoms with Crippen LogP contribution in [-0.2, 0) is 0 Å². The Morgan fingerprint density at radius 2 is 2.06 bits per heavy atom. The van der Waals surface area contributed by atoms with Gasteiger partial charge in [-0.15, -0.1) is 0 Å². The van der Waals surface area contributed by atoms with E-state index in [0.717, 1.165) is 38.4 Å². The number of rotatable bonds is 4. The van der Waals surface area contributed by atoms with E-state index in [9.17, 15) is 4.79 Å². The van der Waals surface area contributed by atoms with Gasteiger partial charge in [-0.1, -0.05) is 0 Å². The van der Waals surface area contributed by atoms with Gasteiger partial charge < -0.3 is 16.4 Å². The van der Waals surface area contributed by atoms with Crippen LogP contribution < -0.4 is 16.4 Å². The molecule has 0 unspecified atom stereocenters. The van der Waals surface area contributed by atoms with Crippen LogP contribution in [0, 0.1) is 0 Å². The van der Waals surface area contributed by atoms with Crippen LogP contribution in [0.3, 0.4) is 0 Å². The fourth-order valence-corrected chi connectivity index (χ4v) is 2.16. The number of pyridine rings is 1. The zero-order valence-electron chi connectivity index (χ0n) is 10.4. The maximum Gasteiger partial charge on any atom is 0.267 e. The molecule has 6 nitrogen and oxygen atoms in total. The Hall–Kier alpha value is -1.66. The first-order valence-corrected chi connectivity index (χ1v) is 6.14. The van der Waals surface area contributed by atoms with Gasteiger partial charge in [0.1, 0.15) is 5.69 Å². The third kappa shape index (κ3) is 2.96. The molecule has 18 heavy (non-hydrogen) atoms. The third-order valence-corrected chi connectivity index (χ3v) is 3.18. The normalized spacial score (nSPS) is 16.8. The molecule has 0 spiro atoms. The fraction of sp³-hybridized carbons (Fsp3) is 0.500. The molecule has 98 valence electrons. The second-order valence-electron chi connectivity index (χ2n) is 4.38. The number of carbonyl (C=O) groups is 1. The summed E-state index contributed by atoms with van der Waals surface area (Å²) >= 11 is 0. The van der Waals surface area contributed by atoms with Crippen molar-refractivity contribution in [1.82, 2.24) is 9.88 Å². The molecule has 4 N–H and O–H groups in total. The molecule has 0 atom stereocenters. The van der Waals surface area contributed by atoms with E-state index < -0.39 is 5.91 Å². The van der Waals surface area contributed by atoms with Crippen molar-refractivity contribution in [2.75, 3.05) is 44.2 Å². The van der Waals surface area contributed by atoms with Crippen molar-refractivity contribution in [1.29, 1.82) is 0 Å². The van der Waals surface area contributed by atoms with E-state index in [1.165, 1.54) is 0 Å². The van der Waals surface area contributed by atoms with Gasteiger partial charge in [0, 0.05) is 51.2 Å². The van der Waals surface area contributed by atoms with Gasteiger partial charge >= 0.3 is 0 Å². The van der Waals surface area contributed by atoms with Gasteiger partial charge in [-0.25, -0.2) is 0 Å². The fourth-order valence-electron chi connectivity index (χ4n) is 2.16. The molecule has 1 aromatic rings. The molecule has 6 heteroatoms. The predicted octanol–water partition coefficient (Wildman–Crippen LogP) is -0.739. The lowest BCUT2D eigenvalue weighted by molar-refractivity contribution is 0.0995. The van der Waals surface area contributed by atoms with E-state index in [2.05, 4.69) is 14.8 Å². The highest BCUT2D eigenvalue weighted by Gasteiger charge is 2.17. The summed E-state index contributed by atoms with van der Waals surface area (Å²) in [6.45, 7) is 5.49. The summed E-state index contributed by atoms with van der Waals surface area (Å²) in [5.41, 5.74) is 12.1. The monoisotopic (exact) mass is 249 g/mol. The number of piperazine rings is 1. The van der Waals surface area contributed by atoms with Gasteiger partial charge in [0.05, 0.1) is 0 Å². The lowest BCUT2D eigenvalue weighted by atomic mass is 10.2. The Morgan fingerprint density at radius 1 is 1.33 bits per heavy atom. The van der Waals surface area contributed by atoms with Crippen LogP contribution in [0.25, 0.3) is 0 Å². The maximum atomic E-state index is 11.1. The van der Waals surface area contributed by atoms with Gasteiger partial charge in [-0.05, 0) is 12.1 Å². The van der Waals surface area contributed by atoms with Crippen molar-refractivity contribution in [2.45, 2.75) is 0 Å². The summed E-state index contributed by atoms with van der Waals surface area (Å²) in [6.07, 6.45) is 1.63. The van der Waals surface area contributed by atoms with Crippen molar-refractivity contribution in [3.8, 4) is 0 Å². The standard InChI is InChI=1S/C12H19N5O/c13-2-4-16-5-7-17(8-6-16)10-1-3-15-11(9-10)12(14)18/h1,3,9H,2,4-8,13H2,(H2,14,18). The number of aromatic nitrogens is 1. The second-order valence-corrected chi connectivity index (χ2v) is 4.38. The lowest BCUT2D eigenvalue weighted by Crippen LogP contribution is -2.47. The van der Waals surface area contributed by atoms with E-state index in [-0.39, 0.29) is 0 Å². The molecule has 0 saturated carbocycles. The number of amides is 1. The Balaban J connectivity index is 2.01. The average molecular weight is 249 g/mol. The molecule has 1 amide bonds. The van der Waals surface area contributed by atoms with Gasteiger partial charge in [0.15, 0.2) is 0 Å². The van der Waals surface area contributed by atoms with E-state index >= 15 is 0 Å². The summed E-state index contributed by atoms with van der Waals surface area (Å²) in [4.78, 5) is 19.6. The summed E-state index contributed by atoms with van der Waals surface area (Å²) in [7, 11) is 0. The minimum absolute atomic E-state index is 0.317. The molecule has 1 saturated heterocycles. The molecule has 2 heterocycles. The maximum absolute atomic E-state index is 11.1. The zero-order chi connectivity index (χ0) is 13.0. The first-order valence-electron chi connectivity index (χ1n) is 6.14.